The molecule has 0 amide bonds. The zero-order valence-electron chi connectivity index (χ0n) is 31.0. The van der Waals surface area contributed by atoms with Crippen molar-refractivity contribution in [2.75, 3.05) is 0 Å². The van der Waals surface area contributed by atoms with Crippen molar-refractivity contribution in [3.05, 3.63) is 130 Å². The van der Waals surface area contributed by atoms with Gasteiger partial charge in [0.25, 0.3) is 11.1 Å². The first-order valence-electron chi connectivity index (χ1n) is 17.3. The number of aromatic nitrogens is 6. The molecule has 1 N–H and O–H groups in total. The molecule has 0 bridgehead atoms. The summed E-state index contributed by atoms with van der Waals surface area (Å²) in [7, 11) is 3.14. The molecule has 4 heterocycles. The largest absolute Gasteiger partial charge is 0.508 e. The number of nitrogens with zero attached hydrogens (tertiary/aromatic N) is 6. The smallest absolute Gasteiger partial charge is 0.416 e. The third-order valence-electron chi connectivity index (χ3n) is 8.34. The van der Waals surface area contributed by atoms with Gasteiger partial charge in [0.1, 0.15) is 28.5 Å². The number of ether oxygens (including phenoxy) is 1. The van der Waals surface area contributed by atoms with Gasteiger partial charge in [-0.2, -0.15) is 26.3 Å². The molecule has 6 aromatic rings. The number of aryl methyl sites for hydroxylation is 2. The van der Waals surface area contributed by atoms with E-state index in [1.807, 2.05) is 13.8 Å². The molecule has 12 nitrogen and oxygen atoms in total. The zero-order valence-corrected chi connectivity index (χ0v) is 32.6. The third kappa shape index (κ3) is 10.8. The first kappa shape index (κ1) is 44.0. The van der Waals surface area contributed by atoms with Gasteiger partial charge in [0.2, 0.25) is 0 Å². The van der Waals surface area contributed by atoms with Crippen molar-refractivity contribution < 1.29 is 36.2 Å². The highest BCUT2D eigenvalue weighted by Crippen LogP contribution is 2.33. The van der Waals surface area contributed by atoms with Crippen LogP contribution in [0.3, 0.4) is 0 Å². The van der Waals surface area contributed by atoms with Crippen molar-refractivity contribution in [2.24, 2.45) is 14.1 Å². The van der Waals surface area contributed by atoms with Crippen molar-refractivity contribution in [1.29, 1.82) is 0 Å². The Labute approximate surface area is 328 Å². The topological polar surface area (TPSA) is 143 Å². The fraction of sp³-hybridized carbons (Fsp3) is 0.316. The van der Waals surface area contributed by atoms with Crippen LogP contribution < -0.4 is 27.2 Å². The number of pyridine rings is 2. The molecule has 0 aliphatic carbocycles. The van der Waals surface area contributed by atoms with Gasteiger partial charge in [-0.05, 0) is 77.3 Å². The highest BCUT2D eigenvalue weighted by atomic mass is 79.9. The zero-order chi connectivity index (χ0) is 42.2. The predicted octanol–water partition coefficient (Wildman–Crippen LogP) is 7.78. The predicted molar refractivity (Wildman–Crippen MR) is 205 cm³/mol. The molecule has 0 atom stereocenters. The van der Waals surface area contributed by atoms with Crippen LogP contribution in [0.15, 0.2) is 96.7 Å². The van der Waals surface area contributed by atoms with E-state index in [1.54, 1.807) is 19.3 Å². The molecule has 57 heavy (non-hydrogen) atoms. The average Bonchev–Trinajstić information content (AvgIpc) is 3.16. The van der Waals surface area contributed by atoms with Crippen LogP contribution in [-0.2, 0) is 39.5 Å². The Kier molecular flexibility index (Phi) is 14.3. The maximum atomic E-state index is 12.9. The molecule has 2 aromatic carbocycles. The number of phenolic OH excluding ortho intramolecular Hbond substituents is 1. The van der Waals surface area contributed by atoms with E-state index in [0.717, 1.165) is 52.6 Å². The lowest BCUT2D eigenvalue weighted by Crippen LogP contribution is -2.39. The lowest BCUT2D eigenvalue weighted by molar-refractivity contribution is -0.138. The summed E-state index contributed by atoms with van der Waals surface area (Å²) in [6.07, 6.45) is -2.81. The number of rotatable bonds is 8. The number of benzene rings is 2. The molecule has 0 unspecified atom stereocenters. The number of aromatic hydroxyl groups is 1. The van der Waals surface area contributed by atoms with E-state index in [-0.39, 0.29) is 46.1 Å². The van der Waals surface area contributed by atoms with Crippen LogP contribution in [0.25, 0.3) is 22.1 Å². The van der Waals surface area contributed by atoms with E-state index in [4.69, 9.17) is 9.84 Å². The highest BCUT2D eigenvalue weighted by Gasteiger charge is 2.31. The van der Waals surface area contributed by atoms with E-state index in [2.05, 4.69) is 25.9 Å². The number of hydrogen-bond acceptors (Lipinski definition) is 8. The number of phenols is 1. The van der Waals surface area contributed by atoms with Gasteiger partial charge in [-0.15, -0.1) is 0 Å². The third-order valence-corrected chi connectivity index (χ3v) is 8.77. The highest BCUT2D eigenvalue weighted by molar-refractivity contribution is 9.10. The van der Waals surface area contributed by atoms with Crippen molar-refractivity contribution >= 4 is 38.0 Å². The molecule has 19 heteroatoms. The molecule has 304 valence electrons. The molecule has 6 rings (SSSR count). The SMILES string of the molecule is CCCCn1c(=O)c2cc(Br)cnc2n(C)c1=O.CCCCn1c(=O)c2cc(Oc3cccc(C(F)(F)F)c3)cnc2n(C)c1=O.Oc1cccc(C(F)(F)F)c1. The Morgan fingerprint density at radius 1 is 0.667 bits per heavy atom. The second kappa shape index (κ2) is 18.5. The molecule has 0 saturated heterocycles. The summed E-state index contributed by atoms with van der Waals surface area (Å²) in [5.41, 5.74) is -2.63. The number of fused-ring (bicyclic) bond motifs is 2. The molecule has 0 spiro atoms. The minimum absolute atomic E-state index is 0.0351. The van der Waals surface area contributed by atoms with Crippen LogP contribution in [0.1, 0.15) is 50.7 Å². The molecule has 4 aromatic heterocycles. The van der Waals surface area contributed by atoms with Gasteiger partial charge >= 0.3 is 23.7 Å². The fourth-order valence-electron chi connectivity index (χ4n) is 5.36. The molecule has 0 fully saturated rings. The van der Waals surface area contributed by atoms with Crippen LogP contribution in [0.5, 0.6) is 17.2 Å². The molecule has 0 saturated carbocycles. The first-order valence-corrected chi connectivity index (χ1v) is 18.1. The van der Waals surface area contributed by atoms with Crippen molar-refractivity contribution in [3.8, 4) is 17.2 Å². The molecular formula is C38H37BrF6N6O6. The van der Waals surface area contributed by atoms with Crippen LogP contribution in [0.2, 0.25) is 0 Å². The average molecular weight is 868 g/mol. The molecule has 0 radical (unpaired) electrons. The second-order valence-electron chi connectivity index (χ2n) is 12.5. The van der Waals surface area contributed by atoms with Crippen molar-refractivity contribution in [1.82, 2.24) is 28.2 Å². The Balaban J connectivity index is 0.000000211. The summed E-state index contributed by atoms with van der Waals surface area (Å²) < 4.78 is 85.4. The lowest BCUT2D eigenvalue weighted by Gasteiger charge is -2.12. The lowest BCUT2D eigenvalue weighted by atomic mass is 10.2. The van der Waals surface area contributed by atoms with Gasteiger partial charge in [-0.25, -0.2) is 19.6 Å². The van der Waals surface area contributed by atoms with Gasteiger partial charge < -0.3 is 9.84 Å². The summed E-state index contributed by atoms with van der Waals surface area (Å²) in [5.74, 6) is -0.309. The summed E-state index contributed by atoms with van der Waals surface area (Å²) in [6, 6.07) is 11.4. The minimum atomic E-state index is -4.49. The van der Waals surface area contributed by atoms with Gasteiger partial charge in [0.05, 0.1) is 28.1 Å². The number of alkyl halides is 6. The van der Waals surface area contributed by atoms with E-state index in [9.17, 15) is 45.5 Å². The monoisotopic (exact) mass is 866 g/mol. The quantitative estimate of drug-likeness (QED) is 0.153. The van der Waals surface area contributed by atoms with Gasteiger partial charge in [0, 0.05) is 37.9 Å². The molecular weight excluding hydrogens is 830 g/mol. The van der Waals surface area contributed by atoms with Gasteiger partial charge in [-0.3, -0.25) is 27.9 Å². The van der Waals surface area contributed by atoms with Gasteiger partial charge in [0.15, 0.2) is 0 Å². The van der Waals surface area contributed by atoms with Crippen LogP contribution >= 0.6 is 15.9 Å². The number of hydrogen-bond donors (Lipinski definition) is 1. The summed E-state index contributed by atoms with van der Waals surface area (Å²) in [5, 5.41) is 9.29. The van der Waals surface area contributed by atoms with Gasteiger partial charge in [-0.1, -0.05) is 38.8 Å². The van der Waals surface area contributed by atoms with E-state index in [0.29, 0.717) is 30.1 Å². The maximum absolute atomic E-state index is 12.9. The van der Waals surface area contributed by atoms with Crippen LogP contribution in [0, 0.1) is 0 Å². The molecule has 0 aliphatic rings. The standard InChI is InChI=1S/C19H18F3N3O3.C12H14BrN3O2.C7H5F3O/c1-3-4-8-25-17(26)15-10-14(11-23-16(15)24(2)18(25)27)28-13-7-5-6-12(9-13)19(20,21)22;1-3-4-5-16-11(17)9-6-8(13)7-14-10(9)15(2)12(16)18;8-7(9,10)5-2-1-3-6(11)4-5/h5-7,9-11H,3-4,8H2,1-2H3;6-7H,3-5H2,1-2H3;1-4,11H. The van der Waals surface area contributed by atoms with E-state index < -0.39 is 34.7 Å². The maximum Gasteiger partial charge on any atom is 0.416 e. The minimum Gasteiger partial charge on any atom is -0.508 e. The number of unbranched alkanes of at least 4 members (excludes halogenated alkanes) is 2. The van der Waals surface area contributed by atoms with Crippen molar-refractivity contribution in [3.63, 3.8) is 0 Å². The van der Waals surface area contributed by atoms with E-state index in [1.165, 1.54) is 51.2 Å². The van der Waals surface area contributed by atoms with Crippen LogP contribution in [-0.4, -0.2) is 33.3 Å². The Hall–Kier alpha value is -5.72. The summed E-state index contributed by atoms with van der Waals surface area (Å²) >= 11 is 3.29. The molecule has 0 aliphatic heterocycles. The van der Waals surface area contributed by atoms with Crippen molar-refractivity contribution in [2.45, 2.75) is 65.0 Å². The number of halogens is 7. The Bertz CT molecular complexity index is 2620. The summed E-state index contributed by atoms with van der Waals surface area (Å²) in [4.78, 5) is 57.6. The first-order chi connectivity index (χ1) is 26.8. The van der Waals surface area contributed by atoms with E-state index >= 15 is 0 Å². The summed E-state index contributed by atoms with van der Waals surface area (Å²) in [6.45, 7) is 4.69. The Morgan fingerprint density at radius 3 is 1.61 bits per heavy atom. The Morgan fingerprint density at radius 2 is 1.14 bits per heavy atom. The fourth-order valence-corrected chi connectivity index (χ4v) is 5.70. The van der Waals surface area contributed by atoms with Crippen LogP contribution in [0.4, 0.5) is 26.3 Å². The normalized spacial score (nSPS) is 11.5. The second-order valence-corrected chi connectivity index (χ2v) is 13.5.